The quantitative estimate of drug-likeness (QED) is 0.606. The summed E-state index contributed by atoms with van der Waals surface area (Å²) in [5.74, 6) is 1.42. The third-order valence-electron chi connectivity index (χ3n) is 7.08. The number of aliphatic hydroxyl groups is 1. The largest absolute Gasteiger partial charge is 0.494 e. The average molecular weight is 424 g/mol. The maximum absolute atomic E-state index is 10.3. The van der Waals surface area contributed by atoms with Crippen LogP contribution in [0.1, 0.15) is 42.0 Å². The van der Waals surface area contributed by atoms with Crippen molar-refractivity contribution >= 4 is 0 Å². The molecule has 5 nitrogen and oxygen atoms in total. The van der Waals surface area contributed by atoms with Crippen LogP contribution in [0.3, 0.4) is 0 Å². The van der Waals surface area contributed by atoms with E-state index in [4.69, 9.17) is 4.74 Å². The van der Waals surface area contributed by atoms with Gasteiger partial charge in [-0.3, -0.25) is 5.43 Å². The lowest BCUT2D eigenvalue weighted by molar-refractivity contribution is 0.0102. The molecule has 3 unspecified atom stereocenters. The van der Waals surface area contributed by atoms with E-state index in [9.17, 15) is 5.11 Å². The van der Waals surface area contributed by atoms with E-state index >= 15 is 0 Å². The van der Waals surface area contributed by atoms with Crippen LogP contribution < -0.4 is 15.6 Å². The van der Waals surface area contributed by atoms with Gasteiger partial charge in [0, 0.05) is 31.0 Å². The van der Waals surface area contributed by atoms with E-state index in [1.54, 1.807) is 0 Å². The van der Waals surface area contributed by atoms with Crippen LogP contribution in [-0.4, -0.2) is 49.4 Å². The summed E-state index contributed by atoms with van der Waals surface area (Å²) in [7, 11) is 0. The molecule has 2 aliphatic heterocycles. The van der Waals surface area contributed by atoms with Crippen LogP contribution in [0.5, 0.6) is 5.75 Å². The zero-order valence-corrected chi connectivity index (χ0v) is 18.9. The lowest BCUT2D eigenvalue weighted by Gasteiger charge is -2.43. The number of aryl methyl sites for hydroxylation is 2. The van der Waals surface area contributed by atoms with E-state index in [-0.39, 0.29) is 12.0 Å². The second-order valence-corrected chi connectivity index (χ2v) is 9.53. The summed E-state index contributed by atoms with van der Waals surface area (Å²) in [5, 5.41) is 10.3. The smallest absolute Gasteiger partial charge is 0.119 e. The molecular formula is C26H37N3O2. The van der Waals surface area contributed by atoms with Crippen molar-refractivity contribution in [2.75, 3.05) is 39.4 Å². The molecule has 0 spiro atoms. The van der Waals surface area contributed by atoms with Gasteiger partial charge in [-0.05, 0) is 62.9 Å². The number of para-hydroxylation sites is 1. The van der Waals surface area contributed by atoms with E-state index < -0.39 is 0 Å². The van der Waals surface area contributed by atoms with Crippen LogP contribution >= 0.6 is 0 Å². The monoisotopic (exact) mass is 423 g/mol. The number of piperidine rings is 1. The average Bonchev–Trinajstić information content (AvgIpc) is 3.24. The maximum atomic E-state index is 10.3. The van der Waals surface area contributed by atoms with Gasteiger partial charge in [0.1, 0.15) is 5.75 Å². The second-order valence-electron chi connectivity index (χ2n) is 9.53. The Labute approximate surface area is 186 Å². The second kappa shape index (κ2) is 10.1. The number of nitrogens with one attached hydrogen (secondary N) is 2. The zero-order valence-electron chi connectivity index (χ0n) is 18.9. The number of likely N-dealkylation sites (tertiary alicyclic amines) is 1. The van der Waals surface area contributed by atoms with Crippen LogP contribution in [0, 0.1) is 25.2 Å². The minimum Gasteiger partial charge on any atom is -0.494 e. The molecule has 3 atom stereocenters. The number of hydrogen-bond acceptors (Lipinski definition) is 5. The van der Waals surface area contributed by atoms with Crippen molar-refractivity contribution in [2.24, 2.45) is 11.3 Å². The lowest BCUT2D eigenvalue weighted by atomic mass is 9.77. The number of hydrogen-bond donors (Lipinski definition) is 3. The summed E-state index contributed by atoms with van der Waals surface area (Å²) in [4.78, 5) is 2.57. The van der Waals surface area contributed by atoms with E-state index in [1.165, 1.54) is 16.7 Å². The third kappa shape index (κ3) is 5.47. The summed E-state index contributed by atoms with van der Waals surface area (Å²) >= 11 is 0. The van der Waals surface area contributed by atoms with Gasteiger partial charge in [0.05, 0.1) is 19.3 Å². The molecule has 0 bridgehead atoms. The SMILES string of the molecule is Cc1ccc(C)c(C2NNCC2CN2CCCC(CO)(CCOc3ccccc3)C2)c1. The number of aliphatic hydroxyl groups excluding tert-OH is 1. The highest BCUT2D eigenvalue weighted by atomic mass is 16.5. The first kappa shape index (κ1) is 22.3. The van der Waals surface area contributed by atoms with Gasteiger partial charge in [0.15, 0.2) is 0 Å². The Kier molecular flexibility index (Phi) is 7.28. The molecule has 3 N–H and O–H groups in total. The topological polar surface area (TPSA) is 56.8 Å². The minimum absolute atomic E-state index is 0.0682. The van der Waals surface area contributed by atoms with Crippen molar-refractivity contribution in [1.29, 1.82) is 0 Å². The van der Waals surface area contributed by atoms with Crippen LogP contribution in [0.2, 0.25) is 0 Å². The molecule has 2 heterocycles. The molecule has 168 valence electrons. The number of nitrogens with zero attached hydrogens (tertiary/aromatic N) is 1. The van der Waals surface area contributed by atoms with Crippen molar-refractivity contribution in [3.63, 3.8) is 0 Å². The van der Waals surface area contributed by atoms with Gasteiger partial charge in [0.2, 0.25) is 0 Å². The van der Waals surface area contributed by atoms with E-state index in [1.807, 2.05) is 30.3 Å². The first-order chi connectivity index (χ1) is 15.1. The molecule has 0 aromatic heterocycles. The van der Waals surface area contributed by atoms with Crippen molar-refractivity contribution in [3.05, 3.63) is 65.2 Å². The molecule has 31 heavy (non-hydrogen) atoms. The Hall–Kier alpha value is -1.92. The number of rotatable bonds is 8. The summed E-state index contributed by atoms with van der Waals surface area (Å²) in [6, 6.07) is 17.0. The molecule has 2 aliphatic rings. The van der Waals surface area contributed by atoms with Crippen LogP contribution in [-0.2, 0) is 0 Å². The van der Waals surface area contributed by atoms with Gasteiger partial charge < -0.3 is 14.7 Å². The fourth-order valence-electron chi connectivity index (χ4n) is 5.24. The fourth-order valence-corrected chi connectivity index (χ4v) is 5.24. The van der Waals surface area contributed by atoms with Gasteiger partial charge in [-0.25, -0.2) is 5.43 Å². The highest BCUT2D eigenvalue weighted by molar-refractivity contribution is 5.34. The molecule has 0 amide bonds. The molecule has 2 aromatic rings. The third-order valence-corrected chi connectivity index (χ3v) is 7.08. The Morgan fingerprint density at radius 3 is 2.81 bits per heavy atom. The normalized spacial score (nSPS) is 26.8. The molecule has 2 saturated heterocycles. The Bertz CT molecular complexity index is 844. The molecule has 2 fully saturated rings. The van der Waals surface area contributed by atoms with Crippen molar-refractivity contribution in [3.8, 4) is 5.75 Å². The van der Waals surface area contributed by atoms with Crippen LogP contribution in [0.15, 0.2) is 48.5 Å². The summed E-state index contributed by atoms with van der Waals surface area (Å²) in [6.07, 6.45) is 3.09. The van der Waals surface area contributed by atoms with Gasteiger partial charge >= 0.3 is 0 Å². The van der Waals surface area contributed by atoms with Gasteiger partial charge in [-0.2, -0.15) is 0 Å². The van der Waals surface area contributed by atoms with Gasteiger partial charge in [0.25, 0.3) is 0 Å². The first-order valence-corrected chi connectivity index (χ1v) is 11.7. The van der Waals surface area contributed by atoms with E-state index in [0.29, 0.717) is 18.6 Å². The predicted octanol–water partition coefficient (Wildman–Crippen LogP) is 3.61. The first-order valence-electron chi connectivity index (χ1n) is 11.7. The molecule has 0 radical (unpaired) electrons. The van der Waals surface area contributed by atoms with Crippen LogP contribution in [0.25, 0.3) is 0 Å². The standard InChI is InChI=1S/C26H37N3O2/c1-20-9-10-21(2)24(15-20)25-22(16-27-28-25)17-29-13-6-11-26(18-29,19-30)12-14-31-23-7-4-3-5-8-23/h3-5,7-10,15,22,25,27-28,30H,6,11-14,16-19H2,1-2H3. The molecule has 0 aliphatic carbocycles. The molecule has 4 rings (SSSR count). The minimum atomic E-state index is -0.0682. The van der Waals surface area contributed by atoms with E-state index in [0.717, 1.165) is 51.2 Å². The Morgan fingerprint density at radius 2 is 2.00 bits per heavy atom. The van der Waals surface area contributed by atoms with Gasteiger partial charge in [-0.1, -0.05) is 42.0 Å². The number of hydrazine groups is 1. The predicted molar refractivity (Wildman–Crippen MR) is 125 cm³/mol. The Morgan fingerprint density at radius 1 is 1.16 bits per heavy atom. The molecule has 0 saturated carbocycles. The number of ether oxygens (including phenoxy) is 1. The lowest BCUT2D eigenvalue weighted by Crippen LogP contribution is -2.48. The summed E-state index contributed by atoms with van der Waals surface area (Å²) in [6.45, 7) is 9.31. The van der Waals surface area contributed by atoms with Crippen molar-refractivity contribution in [1.82, 2.24) is 15.8 Å². The van der Waals surface area contributed by atoms with Crippen LogP contribution in [0.4, 0.5) is 0 Å². The summed E-state index contributed by atoms with van der Waals surface area (Å²) in [5.41, 5.74) is 10.9. The number of benzene rings is 2. The molecular weight excluding hydrogens is 386 g/mol. The highest BCUT2D eigenvalue weighted by Gasteiger charge is 2.37. The van der Waals surface area contributed by atoms with Gasteiger partial charge in [-0.15, -0.1) is 0 Å². The highest BCUT2D eigenvalue weighted by Crippen LogP contribution is 2.35. The summed E-state index contributed by atoms with van der Waals surface area (Å²) < 4.78 is 5.95. The van der Waals surface area contributed by atoms with Crippen molar-refractivity contribution in [2.45, 2.75) is 39.2 Å². The molecule has 2 aromatic carbocycles. The Balaban J connectivity index is 1.37. The molecule has 5 heteroatoms. The fraction of sp³-hybridized carbons (Fsp3) is 0.538. The zero-order chi connectivity index (χ0) is 21.7. The maximum Gasteiger partial charge on any atom is 0.119 e. The van der Waals surface area contributed by atoms with Crippen molar-refractivity contribution < 1.29 is 9.84 Å². The van der Waals surface area contributed by atoms with E-state index in [2.05, 4.69) is 47.8 Å².